The SMILES string of the molecule is CC\C=C/C=C/C=C/C=C\C=C\C=C\CCCCCC(=O)OC(CCCCC/C=C/C=C/CCCCCCCCC)CC(=O)NC(CO)C(O)CCCCCCCCCCCCCCCCCC. The topological polar surface area (TPSA) is 95.9 Å². The van der Waals surface area contributed by atoms with Crippen LogP contribution < -0.4 is 5.32 Å². The smallest absolute Gasteiger partial charge is 0.306 e. The van der Waals surface area contributed by atoms with Gasteiger partial charge in [-0.15, -0.1) is 0 Å². The van der Waals surface area contributed by atoms with Crippen molar-refractivity contribution in [2.75, 3.05) is 6.61 Å². The Kier molecular flexibility index (Phi) is 52.1. The predicted octanol–water partition coefficient (Wildman–Crippen LogP) is 17.7. The van der Waals surface area contributed by atoms with Gasteiger partial charge in [0.15, 0.2) is 0 Å². The van der Waals surface area contributed by atoms with Crippen molar-refractivity contribution in [1.29, 1.82) is 0 Å². The van der Waals surface area contributed by atoms with Crippen LogP contribution in [0.25, 0.3) is 0 Å². The molecule has 3 unspecified atom stereocenters. The number of aliphatic hydroxyl groups excluding tert-OH is 2. The van der Waals surface area contributed by atoms with E-state index in [1.807, 2.05) is 48.6 Å². The average Bonchev–Trinajstić information content (AvgIpc) is 3.33. The maximum atomic E-state index is 13.3. The van der Waals surface area contributed by atoms with E-state index in [0.717, 1.165) is 83.5 Å². The Bertz CT molecular complexity index is 1340. The third-order valence-electron chi connectivity index (χ3n) is 12.6. The van der Waals surface area contributed by atoms with Gasteiger partial charge in [-0.2, -0.15) is 0 Å². The summed E-state index contributed by atoms with van der Waals surface area (Å²) in [6, 6.07) is -0.727. The molecule has 0 bridgehead atoms. The molecule has 0 fully saturated rings. The number of ether oxygens (including phenoxy) is 1. The minimum Gasteiger partial charge on any atom is -0.462 e. The van der Waals surface area contributed by atoms with Crippen molar-refractivity contribution in [3.05, 3.63) is 97.2 Å². The van der Waals surface area contributed by atoms with Crippen LogP contribution in [0.2, 0.25) is 0 Å². The lowest BCUT2D eigenvalue weighted by molar-refractivity contribution is -0.151. The van der Waals surface area contributed by atoms with E-state index in [1.54, 1.807) is 0 Å². The third kappa shape index (κ3) is 49.2. The van der Waals surface area contributed by atoms with Gasteiger partial charge in [0.2, 0.25) is 5.91 Å². The van der Waals surface area contributed by atoms with Gasteiger partial charge in [-0.05, 0) is 70.6 Å². The summed E-state index contributed by atoms with van der Waals surface area (Å²) in [4.78, 5) is 26.3. The summed E-state index contributed by atoms with van der Waals surface area (Å²) in [6.07, 6.45) is 73.2. The standard InChI is InChI=1S/C62H107NO5/c1-4-7-10-13-16-19-22-25-28-31-34-37-40-43-46-49-52-55-62(67)68-58(53-50-47-44-41-38-35-32-29-26-23-20-17-14-11-8-5-2)56-61(66)63-59(57-64)60(65)54-51-48-45-42-39-36-33-30-27-24-21-18-15-12-9-6-3/h7,10,13,16,19,22,25,28-29,31-32,34-35,37-38,40,58-60,64-65H,4-6,8-9,11-12,14-15,17-18,20-21,23-24,26-27,30,33,36,39,41-57H2,1-3H3,(H,63,66)/b10-7-,16-13+,22-19+,28-25-,32-29+,34-31+,38-35+,40-37+. The van der Waals surface area contributed by atoms with Gasteiger partial charge in [0.05, 0.1) is 25.2 Å². The number of nitrogens with one attached hydrogen (secondary N) is 1. The molecule has 0 rings (SSSR count). The number of hydrogen-bond acceptors (Lipinski definition) is 5. The molecule has 0 aromatic carbocycles. The Morgan fingerprint density at radius 2 is 0.794 bits per heavy atom. The minimum absolute atomic E-state index is 0.0366. The molecule has 0 heterocycles. The van der Waals surface area contributed by atoms with Crippen molar-refractivity contribution in [2.24, 2.45) is 0 Å². The molecule has 6 heteroatoms. The van der Waals surface area contributed by atoms with Gasteiger partial charge in [0.25, 0.3) is 0 Å². The van der Waals surface area contributed by atoms with Crippen molar-refractivity contribution in [3.8, 4) is 0 Å². The van der Waals surface area contributed by atoms with E-state index in [9.17, 15) is 19.8 Å². The van der Waals surface area contributed by atoms with Gasteiger partial charge in [-0.1, -0.05) is 272 Å². The zero-order valence-corrected chi connectivity index (χ0v) is 44.5. The Balaban J connectivity index is 4.70. The molecule has 1 amide bonds. The fourth-order valence-corrected chi connectivity index (χ4v) is 8.28. The molecule has 0 saturated heterocycles. The molecule has 3 N–H and O–H groups in total. The van der Waals surface area contributed by atoms with Gasteiger partial charge in [-0.25, -0.2) is 0 Å². The number of esters is 1. The molecule has 0 aliphatic heterocycles. The van der Waals surface area contributed by atoms with Crippen LogP contribution in [0, 0.1) is 0 Å². The maximum absolute atomic E-state index is 13.3. The summed E-state index contributed by atoms with van der Waals surface area (Å²) in [5, 5.41) is 23.9. The number of unbranched alkanes of at least 4 members (excludes halogenated alkanes) is 28. The first-order valence-electron chi connectivity index (χ1n) is 28.6. The Hall–Kier alpha value is -3.22. The molecule has 68 heavy (non-hydrogen) atoms. The average molecular weight is 947 g/mol. The summed E-state index contributed by atoms with van der Waals surface area (Å²) >= 11 is 0. The third-order valence-corrected chi connectivity index (χ3v) is 12.6. The molecule has 0 saturated carbocycles. The van der Waals surface area contributed by atoms with Crippen LogP contribution in [0.1, 0.15) is 258 Å². The largest absolute Gasteiger partial charge is 0.462 e. The highest BCUT2D eigenvalue weighted by molar-refractivity contribution is 5.77. The molecule has 0 spiro atoms. The van der Waals surface area contributed by atoms with Crippen LogP contribution in [0.4, 0.5) is 0 Å². The second-order valence-electron chi connectivity index (χ2n) is 19.1. The zero-order valence-electron chi connectivity index (χ0n) is 44.5. The van der Waals surface area contributed by atoms with Gasteiger partial charge in [-0.3, -0.25) is 9.59 Å². The van der Waals surface area contributed by atoms with Crippen molar-refractivity contribution < 1.29 is 24.5 Å². The van der Waals surface area contributed by atoms with Crippen LogP contribution in [0.3, 0.4) is 0 Å². The number of aliphatic hydroxyl groups is 2. The highest BCUT2D eigenvalue weighted by Gasteiger charge is 2.24. The van der Waals surface area contributed by atoms with Crippen LogP contribution >= 0.6 is 0 Å². The van der Waals surface area contributed by atoms with Crippen molar-refractivity contribution in [1.82, 2.24) is 5.32 Å². The molecular weight excluding hydrogens is 839 g/mol. The Morgan fingerprint density at radius 3 is 1.24 bits per heavy atom. The number of rotatable bonds is 50. The van der Waals surface area contributed by atoms with Crippen LogP contribution in [-0.4, -0.2) is 46.9 Å². The number of carbonyl (C=O) groups excluding carboxylic acids is 2. The van der Waals surface area contributed by atoms with Gasteiger partial charge in [0.1, 0.15) is 6.10 Å². The summed E-state index contributed by atoms with van der Waals surface area (Å²) in [7, 11) is 0. The molecule has 6 nitrogen and oxygen atoms in total. The van der Waals surface area contributed by atoms with Gasteiger partial charge < -0.3 is 20.3 Å². The minimum atomic E-state index is -0.810. The fourth-order valence-electron chi connectivity index (χ4n) is 8.28. The molecular formula is C62H107NO5. The number of carbonyl (C=O) groups is 2. The van der Waals surface area contributed by atoms with E-state index in [0.29, 0.717) is 19.3 Å². The molecule has 390 valence electrons. The lowest BCUT2D eigenvalue weighted by atomic mass is 10.0. The normalized spacial score (nSPS) is 13.9. The van der Waals surface area contributed by atoms with Gasteiger partial charge in [0, 0.05) is 6.42 Å². The van der Waals surface area contributed by atoms with Crippen molar-refractivity contribution >= 4 is 11.9 Å². The van der Waals surface area contributed by atoms with E-state index in [1.165, 1.54) is 128 Å². The second kappa shape index (κ2) is 54.7. The van der Waals surface area contributed by atoms with Crippen LogP contribution in [0.15, 0.2) is 97.2 Å². The van der Waals surface area contributed by atoms with E-state index in [4.69, 9.17) is 4.74 Å². The lowest BCUT2D eigenvalue weighted by Crippen LogP contribution is -2.46. The molecule has 3 atom stereocenters. The second-order valence-corrected chi connectivity index (χ2v) is 19.1. The Labute approximate surface area is 420 Å². The quantitative estimate of drug-likeness (QED) is 0.0321. The maximum Gasteiger partial charge on any atom is 0.306 e. The first kappa shape index (κ1) is 64.8. The molecule has 0 aromatic heterocycles. The summed E-state index contributed by atoms with van der Waals surface area (Å²) in [5.74, 6) is -0.553. The summed E-state index contributed by atoms with van der Waals surface area (Å²) in [5.41, 5.74) is 0. The first-order valence-corrected chi connectivity index (χ1v) is 28.6. The lowest BCUT2D eigenvalue weighted by Gasteiger charge is -2.24. The fraction of sp³-hybridized carbons (Fsp3) is 0.710. The first-order chi connectivity index (χ1) is 33.5. The highest BCUT2D eigenvalue weighted by Crippen LogP contribution is 2.18. The Morgan fingerprint density at radius 1 is 0.441 bits per heavy atom. The number of hydrogen-bond donors (Lipinski definition) is 3. The van der Waals surface area contributed by atoms with E-state index in [-0.39, 0.29) is 24.9 Å². The summed E-state index contributed by atoms with van der Waals surface area (Å²) in [6.45, 7) is 6.33. The summed E-state index contributed by atoms with van der Waals surface area (Å²) < 4.78 is 5.92. The predicted molar refractivity (Wildman–Crippen MR) is 296 cm³/mol. The van der Waals surface area contributed by atoms with E-state index >= 15 is 0 Å². The number of allylic oxidation sites excluding steroid dienone is 16. The van der Waals surface area contributed by atoms with Crippen LogP contribution in [-0.2, 0) is 14.3 Å². The number of amides is 1. The molecule has 0 aromatic rings. The zero-order chi connectivity index (χ0) is 49.5. The van der Waals surface area contributed by atoms with E-state index < -0.39 is 18.2 Å². The van der Waals surface area contributed by atoms with Gasteiger partial charge >= 0.3 is 5.97 Å². The molecule has 0 aliphatic carbocycles. The molecule has 0 radical (unpaired) electrons. The highest BCUT2D eigenvalue weighted by atomic mass is 16.5. The van der Waals surface area contributed by atoms with E-state index in [2.05, 4.69) is 74.7 Å². The van der Waals surface area contributed by atoms with Crippen LogP contribution in [0.5, 0.6) is 0 Å². The van der Waals surface area contributed by atoms with Crippen molar-refractivity contribution in [2.45, 2.75) is 277 Å². The molecule has 0 aliphatic rings. The monoisotopic (exact) mass is 946 g/mol. The van der Waals surface area contributed by atoms with Crippen molar-refractivity contribution in [3.63, 3.8) is 0 Å².